The fraction of sp³-hybridized carbons (Fsp3) is 0.929. The molecule has 1 aliphatic rings. The van der Waals surface area contributed by atoms with Crippen molar-refractivity contribution in [2.45, 2.75) is 57.5 Å². The summed E-state index contributed by atoms with van der Waals surface area (Å²) in [5.74, 6) is 0.494. The summed E-state index contributed by atoms with van der Waals surface area (Å²) in [5.41, 5.74) is 4.86. The molecule has 3 N–H and O–H groups in total. The van der Waals surface area contributed by atoms with Gasteiger partial charge in [-0.25, -0.2) is 0 Å². The van der Waals surface area contributed by atoms with Crippen molar-refractivity contribution >= 4 is 5.91 Å². The predicted octanol–water partition coefficient (Wildman–Crippen LogP) is 1.35. The Balaban J connectivity index is 2.49. The van der Waals surface area contributed by atoms with Crippen molar-refractivity contribution in [1.29, 1.82) is 0 Å². The zero-order chi connectivity index (χ0) is 13.8. The maximum absolute atomic E-state index is 11.4. The fourth-order valence-corrected chi connectivity index (χ4v) is 2.89. The number of rotatable bonds is 6. The van der Waals surface area contributed by atoms with Crippen molar-refractivity contribution < 1.29 is 4.79 Å². The smallest absolute Gasteiger partial charge is 0.237 e. The van der Waals surface area contributed by atoms with E-state index in [-0.39, 0.29) is 5.91 Å². The lowest BCUT2D eigenvalue weighted by Crippen LogP contribution is -2.53. The molecule has 1 fully saturated rings. The van der Waals surface area contributed by atoms with Crippen LogP contribution in [0.15, 0.2) is 0 Å². The molecule has 0 aliphatic heterocycles. The first-order valence-corrected chi connectivity index (χ1v) is 7.10. The predicted molar refractivity (Wildman–Crippen MR) is 75.3 cm³/mol. The van der Waals surface area contributed by atoms with E-state index in [1.165, 1.54) is 25.7 Å². The van der Waals surface area contributed by atoms with E-state index < -0.39 is 5.54 Å². The molecule has 0 bridgehead atoms. The van der Waals surface area contributed by atoms with Crippen LogP contribution in [-0.4, -0.2) is 43.0 Å². The summed E-state index contributed by atoms with van der Waals surface area (Å²) in [6.07, 6.45) is 6.07. The number of carbonyl (C=O) groups is 1. The van der Waals surface area contributed by atoms with E-state index in [2.05, 4.69) is 24.2 Å². The van der Waals surface area contributed by atoms with Gasteiger partial charge in [-0.2, -0.15) is 0 Å². The van der Waals surface area contributed by atoms with Crippen LogP contribution in [0, 0.1) is 5.92 Å². The Hall–Kier alpha value is -0.610. The van der Waals surface area contributed by atoms with Crippen LogP contribution in [0.2, 0.25) is 0 Å². The molecular weight excluding hydrogens is 226 g/mol. The normalized spacial score (nSPS) is 28.1. The Bertz CT molecular complexity index is 282. The van der Waals surface area contributed by atoms with Crippen molar-refractivity contribution in [3.05, 3.63) is 0 Å². The van der Waals surface area contributed by atoms with Crippen LogP contribution in [0.3, 0.4) is 0 Å². The first kappa shape index (κ1) is 15.4. The summed E-state index contributed by atoms with van der Waals surface area (Å²) >= 11 is 0. The maximum atomic E-state index is 11.4. The first-order chi connectivity index (χ1) is 8.40. The van der Waals surface area contributed by atoms with Gasteiger partial charge in [0.1, 0.15) is 0 Å². The van der Waals surface area contributed by atoms with Gasteiger partial charge in [-0.3, -0.25) is 4.79 Å². The second-order valence-electron chi connectivity index (χ2n) is 6.01. The molecule has 4 heteroatoms. The van der Waals surface area contributed by atoms with E-state index in [1.807, 2.05) is 6.92 Å². The molecule has 0 aromatic heterocycles. The molecule has 1 rings (SSSR count). The largest absolute Gasteiger partial charge is 0.368 e. The van der Waals surface area contributed by atoms with Gasteiger partial charge in [-0.05, 0) is 46.2 Å². The Kier molecular flexibility index (Phi) is 5.60. The van der Waals surface area contributed by atoms with Crippen molar-refractivity contribution in [3.63, 3.8) is 0 Å². The molecule has 0 radical (unpaired) electrons. The van der Waals surface area contributed by atoms with Gasteiger partial charge in [0.25, 0.3) is 0 Å². The molecule has 4 nitrogen and oxygen atoms in total. The number of amides is 1. The fourth-order valence-electron chi connectivity index (χ4n) is 2.89. The molecule has 1 amide bonds. The van der Waals surface area contributed by atoms with Crippen LogP contribution < -0.4 is 11.1 Å². The third-order valence-electron chi connectivity index (χ3n) is 4.69. The highest BCUT2D eigenvalue weighted by atomic mass is 16.1. The van der Waals surface area contributed by atoms with Crippen LogP contribution in [0.5, 0.6) is 0 Å². The van der Waals surface area contributed by atoms with Crippen LogP contribution in [-0.2, 0) is 4.79 Å². The average Bonchev–Trinajstić information content (AvgIpc) is 2.35. The summed E-state index contributed by atoms with van der Waals surface area (Å²) in [6.45, 7) is 5.13. The monoisotopic (exact) mass is 255 g/mol. The topological polar surface area (TPSA) is 58.4 Å². The lowest BCUT2D eigenvalue weighted by Gasteiger charge is -2.38. The van der Waals surface area contributed by atoms with E-state index in [1.54, 1.807) is 7.05 Å². The van der Waals surface area contributed by atoms with Gasteiger partial charge in [-0.15, -0.1) is 0 Å². The Morgan fingerprint density at radius 3 is 2.56 bits per heavy atom. The molecule has 0 saturated heterocycles. The van der Waals surface area contributed by atoms with Crippen molar-refractivity contribution in [2.24, 2.45) is 11.7 Å². The number of likely N-dealkylation sites (N-methyl/N-ethyl adjacent to an activating group) is 1. The Labute approximate surface area is 111 Å². The maximum Gasteiger partial charge on any atom is 0.237 e. The summed E-state index contributed by atoms with van der Waals surface area (Å²) in [6, 6.07) is 0.660. The van der Waals surface area contributed by atoms with Crippen LogP contribution in [0.4, 0.5) is 0 Å². The molecule has 0 spiro atoms. The van der Waals surface area contributed by atoms with Gasteiger partial charge >= 0.3 is 0 Å². The molecule has 0 aromatic rings. The molecule has 3 unspecified atom stereocenters. The highest BCUT2D eigenvalue weighted by Crippen LogP contribution is 2.27. The number of primary amides is 1. The van der Waals surface area contributed by atoms with Crippen LogP contribution >= 0.6 is 0 Å². The standard InChI is InChI=1S/C14H29N3O/c1-11-7-5-6-8-12(11)17(4)10-9-14(2,16-3)13(15)18/h11-12,16H,5-10H2,1-4H3,(H2,15,18). The van der Waals surface area contributed by atoms with Gasteiger partial charge in [0.15, 0.2) is 0 Å². The number of nitrogens with zero attached hydrogens (tertiary/aromatic N) is 1. The van der Waals surface area contributed by atoms with Gasteiger partial charge in [0, 0.05) is 12.6 Å². The molecule has 18 heavy (non-hydrogen) atoms. The lowest BCUT2D eigenvalue weighted by atomic mass is 9.84. The minimum atomic E-state index is -0.591. The van der Waals surface area contributed by atoms with E-state index in [9.17, 15) is 4.79 Å². The molecule has 1 aliphatic carbocycles. The van der Waals surface area contributed by atoms with Gasteiger partial charge in [0.05, 0.1) is 5.54 Å². The van der Waals surface area contributed by atoms with E-state index in [0.717, 1.165) is 18.9 Å². The average molecular weight is 255 g/mol. The highest BCUT2D eigenvalue weighted by molar-refractivity contribution is 5.84. The minimum absolute atomic E-state index is 0.268. The second-order valence-corrected chi connectivity index (χ2v) is 6.01. The Morgan fingerprint density at radius 1 is 1.44 bits per heavy atom. The Morgan fingerprint density at radius 2 is 2.06 bits per heavy atom. The molecule has 1 saturated carbocycles. The summed E-state index contributed by atoms with van der Waals surface area (Å²) in [5, 5.41) is 3.05. The number of nitrogens with one attached hydrogen (secondary N) is 1. The lowest BCUT2D eigenvalue weighted by molar-refractivity contribution is -0.124. The molecular formula is C14H29N3O. The number of hydrogen-bond donors (Lipinski definition) is 2. The quantitative estimate of drug-likeness (QED) is 0.753. The van der Waals surface area contributed by atoms with Gasteiger partial charge < -0.3 is 16.0 Å². The van der Waals surface area contributed by atoms with Crippen molar-refractivity contribution in [2.75, 3.05) is 20.6 Å². The third-order valence-corrected chi connectivity index (χ3v) is 4.69. The van der Waals surface area contributed by atoms with Crippen LogP contribution in [0.1, 0.15) is 46.0 Å². The number of nitrogens with two attached hydrogens (primary N) is 1. The zero-order valence-electron chi connectivity index (χ0n) is 12.3. The summed E-state index contributed by atoms with van der Waals surface area (Å²) in [7, 11) is 3.97. The number of carbonyl (C=O) groups excluding carboxylic acids is 1. The SMILES string of the molecule is CNC(C)(CCN(C)C1CCCCC1C)C(N)=O. The minimum Gasteiger partial charge on any atom is -0.368 e. The molecule has 0 aromatic carbocycles. The second kappa shape index (κ2) is 6.53. The third kappa shape index (κ3) is 3.69. The summed E-state index contributed by atoms with van der Waals surface area (Å²) in [4.78, 5) is 13.9. The van der Waals surface area contributed by atoms with E-state index in [0.29, 0.717) is 6.04 Å². The van der Waals surface area contributed by atoms with Crippen molar-refractivity contribution in [3.8, 4) is 0 Å². The molecule has 0 heterocycles. The number of hydrogen-bond acceptors (Lipinski definition) is 3. The van der Waals surface area contributed by atoms with Crippen molar-refractivity contribution in [1.82, 2.24) is 10.2 Å². The molecule has 106 valence electrons. The zero-order valence-corrected chi connectivity index (χ0v) is 12.3. The van der Waals surface area contributed by atoms with E-state index in [4.69, 9.17) is 5.73 Å². The van der Waals surface area contributed by atoms with Gasteiger partial charge in [-0.1, -0.05) is 19.8 Å². The van der Waals surface area contributed by atoms with Gasteiger partial charge in [0.2, 0.25) is 5.91 Å². The molecule has 3 atom stereocenters. The summed E-state index contributed by atoms with van der Waals surface area (Å²) < 4.78 is 0. The van der Waals surface area contributed by atoms with E-state index >= 15 is 0 Å². The first-order valence-electron chi connectivity index (χ1n) is 7.10. The highest BCUT2D eigenvalue weighted by Gasteiger charge is 2.31. The van der Waals surface area contributed by atoms with Crippen LogP contribution in [0.25, 0.3) is 0 Å².